The van der Waals surface area contributed by atoms with Crippen molar-refractivity contribution in [2.24, 2.45) is 0 Å². The fourth-order valence-electron chi connectivity index (χ4n) is 2.55. The van der Waals surface area contributed by atoms with E-state index in [9.17, 15) is 9.59 Å². The third kappa shape index (κ3) is 3.04. The number of aromatic amines is 1. The number of carbonyl (C=O) groups is 1. The van der Waals surface area contributed by atoms with Crippen LogP contribution in [0.25, 0.3) is 0 Å². The molecule has 0 aliphatic carbocycles. The van der Waals surface area contributed by atoms with E-state index >= 15 is 0 Å². The number of hydrogen-bond donors (Lipinski definition) is 2. The Kier molecular flexibility index (Phi) is 4.37. The van der Waals surface area contributed by atoms with Gasteiger partial charge in [-0.1, -0.05) is 6.92 Å². The van der Waals surface area contributed by atoms with E-state index in [1.54, 1.807) is 6.92 Å². The predicted molar refractivity (Wildman–Crippen MR) is 74.4 cm³/mol. The van der Waals surface area contributed by atoms with E-state index in [0.717, 1.165) is 38.0 Å². The smallest absolute Gasteiger partial charge is 0.255 e. The molecule has 1 unspecified atom stereocenters. The first-order chi connectivity index (χ1) is 9.13. The number of H-pyrrole nitrogens is 1. The van der Waals surface area contributed by atoms with Gasteiger partial charge < -0.3 is 15.2 Å². The lowest BCUT2D eigenvalue weighted by Gasteiger charge is -2.28. The van der Waals surface area contributed by atoms with Crippen LogP contribution in [-0.2, 0) is 0 Å². The molecule has 1 fully saturated rings. The summed E-state index contributed by atoms with van der Waals surface area (Å²) in [6, 6.07) is 1.74. The summed E-state index contributed by atoms with van der Waals surface area (Å²) in [4.78, 5) is 28.4. The van der Waals surface area contributed by atoms with Crippen molar-refractivity contribution >= 4 is 5.91 Å². The summed E-state index contributed by atoms with van der Waals surface area (Å²) >= 11 is 0. The molecule has 0 spiro atoms. The number of hydrogen-bond acceptors (Lipinski definition) is 3. The zero-order valence-electron chi connectivity index (χ0n) is 11.5. The van der Waals surface area contributed by atoms with Crippen molar-refractivity contribution in [3.8, 4) is 0 Å². The molecular weight excluding hydrogens is 242 g/mol. The Morgan fingerprint density at radius 2 is 2.32 bits per heavy atom. The van der Waals surface area contributed by atoms with Gasteiger partial charge in [-0.25, -0.2) is 0 Å². The van der Waals surface area contributed by atoms with E-state index in [1.165, 1.54) is 12.3 Å². The van der Waals surface area contributed by atoms with Crippen LogP contribution < -0.4 is 10.9 Å². The second kappa shape index (κ2) is 6.02. The molecule has 104 valence electrons. The summed E-state index contributed by atoms with van der Waals surface area (Å²) < 4.78 is 0. The number of aromatic nitrogens is 1. The lowest BCUT2D eigenvalue weighted by Crippen LogP contribution is -2.42. The first-order valence-electron chi connectivity index (χ1n) is 6.84. The second-order valence-corrected chi connectivity index (χ2v) is 5.04. The van der Waals surface area contributed by atoms with Crippen LogP contribution in [0.3, 0.4) is 0 Å². The monoisotopic (exact) mass is 263 g/mol. The number of rotatable bonds is 4. The summed E-state index contributed by atoms with van der Waals surface area (Å²) in [6.07, 6.45) is 3.46. The zero-order valence-corrected chi connectivity index (χ0v) is 11.5. The minimum atomic E-state index is -0.168. The molecular formula is C14H21N3O2. The number of amides is 1. The van der Waals surface area contributed by atoms with E-state index in [4.69, 9.17) is 0 Å². The van der Waals surface area contributed by atoms with Crippen LogP contribution in [-0.4, -0.2) is 41.5 Å². The average Bonchev–Trinajstić information content (AvgIpc) is 2.89. The van der Waals surface area contributed by atoms with Crippen molar-refractivity contribution in [1.82, 2.24) is 15.2 Å². The van der Waals surface area contributed by atoms with Gasteiger partial charge in [0.1, 0.15) is 0 Å². The van der Waals surface area contributed by atoms with Gasteiger partial charge in [0.2, 0.25) is 5.56 Å². The maximum atomic E-state index is 12.6. The second-order valence-electron chi connectivity index (χ2n) is 5.04. The number of carbonyl (C=O) groups excluding carboxylic acids is 1. The summed E-state index contributed by atoms with van der Waals surface area (Å²) in [5.74, 6) is 0.0179. The van der Waals surface area contributed by atoms with Crippen LogP contribution >= 0.6 is 0 Å². The molecule has 1 amide bonds. The molecule has 1 aromatic heterocycles. The maximum Gasteiger partial charge on any atom is 0.255 e. The molecule has 0 radical (unpaired) electrons. The van der Waals surface area contributed by atoms with Crippen LogP contribution in [0.2, 0.25) is 0 Å². The van der Waals surface area contributed by atoms with E-state index in [0.29, 0.717) is 5.56 Å². The van der Waals surface area contributed by atoms with E-state index in [2.05, 4.69) is 17.2 Å². The Hall–Kier alpha value is -1.62. The topological polar surface area (TPSA) is 65.2 Å². The van der Waals surface area contributed by atoms with Crippen LogP contribution in [0.1, 0.15) is 35.7 Å². The third-order valence-electron chi connectivity index (χ3n) is 3.56. The van der Waals surface area contributed by atoms with E-state index < -0.39 is 0 Å². The van der Waals surface area contributed by atoms with Crippen LogP contribution in [0.4, 0.5) is 0 Å². The average molecular weight is 263 g/mol. The van der Waals surface area contributed by atoms with Gasteiger partial charge >= 0.3 is 0 Å². The van der Waals surface area contributed by atoms with Crippen molar-refractivity contribution in [2.45, 2.75) is 32.7 Å². The molecule has 0 aromatic carbocycles. The molecule has 2 heterocycles. The highest BCUT2D eigenvalue weighted by molar-refractivity contribution is 5.95. The van der Waals surface area contributed by atoms with Gasteiger partial charge in [0.15, 0.2) is 0 Å². The lowest BCUT2D eigenvalue weighted by molar-refractivity contribution is 0.0691. The number of nitrogens with zero attached hydrogens (tertiary/aromatic N) is 1. The van der Waals surface area contributed by atoms with Gasteiger partial charge in [-0.05, 0) is 31.9 Å². The molecule has 1 atom stereocenters. The molecule has 1 aliphatic rings. The van der Waals surface area contributed by atoms with Crippen LogP contribution in [0.15, 0.2) is 17.1 Å². The molecule has 5 heteroatoms. The standard InChI is InChI=1S/C14H21N3O2/c1-3-6-17(11-4-5-15-8-11)14(19)12-9-16-13(18)7-10(12)2/h7,9,11,15H,3-6,8H2,1-2H3,(H,16,18). The first kappa shape index (κ1) is 13.8. The van der Waals surface area contributed by atoms with E-state index in [1.807, 2.05) is 4.90 Å². The zero-order chi connectivity index (χ0) is 13.8. The Morgan fingerprint density at radius 3 is 2.89 bits per heavy atom. The molecule has 1 saturated heterocycles. The van der Waals surface area contributed by atoms with Crippen molar-refractivity contribution in [3.05, 3.63) is 33.7 Å². The van der Waals surface area contributed by atoms with Gasteiger partial charge in [-0.2, -0.15) is 0 Å². The maximum absolute atomic E-state index is 12.6. The van der Waals surface area contributed by atoms with E-state index in [-0.39, 0.29) is 17.5 Å². The number of aryl methyl sites for hydroxylation is 1. The molecule has 0 saturated carbocycles. The summed E-state index contributed by atoms with van der Waals surface area (Å²) in [6.45, 7) is 6.45. The normalized spacial score (nSPS) is 18.5. The summed E-state index contributed by atoms with van der Waals surface area (Å²) in [5.41, 5.74) is 1.17. The first-order valence-corrected chi connectivity index (χ1v) is 6.84. The molecule has 19 heavy (non-hydrogen) atoms. The lowest BCUT2D eigenvalue weighted by atomic mass is 10.1. The fourth-order valence-corrected chi connectivity index (χ4v) is 2.55. The summed E-state index contributed by atoms with van der Waals surface area (Å²) in [7, 11) is 0. The van der Waals surface area contributed by atoms with Crippen molar-refractivity contribution in [2.75, 3.05) is 19.6 Å². The molecule has 5 nitrogen and oxygen atoms in total. The highest BCUT2D eigenvalue weighted by atomic mass is 16.2. The Labute approximate surface area is 113 Å². The van der Waals surface area contributed by atoms with Crippen LogP contribution in [0.5, 0.6) is 0 Å². The van der Waals surface area contributed by atoms with Crippen molar-refractivity contribution < 1.29 is 4.79 Å². The highest BCUT2D eigenvalue weighted by Gasteiger charge is 2.27. The third-order valence-corrected chi connectivity index (χ3v) is 3.56. The van der Waals surface area contributed by atoms with Crippen LogP contribution in [0, 0.1) is 6.92 Å². The minimum Gasteiger partial charge on any atom is -0.334 e. The number of pyridine rings is 1. The van der Waals surface area contributed by atoms with Gasteiger partial charge in [0.25, 0.3) is 5.91 Å². The SMILES string of the molecule is CCCN(C(=O)c1c[nH]c(=O)cc1C)C1CCNC1. The Morgan fingerprint density at radius 1 is 1.53 bits per heavy atom. The largest absolute Gasteiger partial charge is 0.334 e. The van der Waals surface area contributed by atoms with Gasteiger partial charge in [-0.3, -0.25) is 9.59 Å². The minimum absolute atomic E-state index is 0.0179. The van der Waals surface area contributed by atoms with Gasteiger partial charge in [0.05, 0.1) is 5.56 Å². The molecule has 0 bridgehead atoms. The van der Waals surface area contributed by atoms with Crippen molar-refractivity contribution in [1.29, 1.82) is 0 Å². The number of nitrogens with one attached hydrogen (secondary N) is 2. The molecule has 1 aliphatic heterocycles. The highest BCUT2D eigenvalue weighted by Crippen LogP contribution is 2.15. The van der Waals surface area contributed by atoms with Gasteiger partial charge in [-0.15, -0.1) is 0 Å². The summed E-state index contributed by atoms with van der Waals surface area (Å²) in [5, 5.41) is 3.29. The quantitative estimate of drug-likeness (QED) is 0.848. The van der Waals surface area contributed by atoms with Gasteiger partial charge in [0, 0.05) is 31.4 Å². The molecule has 2 rings (SSSR count). The fraction of sp³-hybridized carbons (Fsp3) is 0.571. The Balaban J connectivity index is 2.25. The van der Waals surface area contributed by atoms with Crippen molar-refractivity contribution in [3.63, 3.8) is 0 Å². The molecule has 1 aromatic rings. The molecule has 2 N–H and O–H groups in total. The Bertz CT molecular complexity index is 504. The predicted octanol–water partition coefficient (Wildman–Crippen LogP) is 0.897.